The highest BCUT2D eigenvalue weighted by atomic mass is 16.5. The molecule has 2 N–H and O–H groups in total. The number of carbonyl (C=O) groups excluding carboxylic acids is 1. The van der Waals surface area contributed by atoms with Crippen molar-refractivity contribution in [2.75, 3.05) is 12.3 Å². The summed E-state index contributed by atoms with van der Waals surface area (Å²) >= 11 is 0. The molecule has 4 nitrogen and oxygen atoms in total. The van der Waals surface area contributed by atoms with Crippen LogP contribution in [-0.2, 0) is 4.79 Å². The maximum atomic E-state index is 12.7. The summed E-state index contributed by atoms with van der Waals surface area (Å²) in [5.41, 5.74) is 8.17. The van der Waals surface area contributed by atoms with Crippen molar-refractivity contribution in [2.24, 2.45) is 10.8 Å². The summed E-state index contributed by atoms with van der Waals surface area (Å²) in [6.07, 6.45) is 2.55. The van der Waals surface area contributed by atoms with E-state index in [4.69, 9.17) is 10.5 Å². The Labute approximate surface area is 157 Å². The molecular formula is C22H32N2O2. The minimum Gasteiger partial charge on any atom is -0.492 e. The van der Waals surface area contributed by atoms with Gasteiger partial charge in [-0.05, 0) is 50.8 Å². The third kappa shape index (κ3) is 4.75. The Hall–Kier alpha value is -2.10. The van der Waals surface area contributed by atoms with E-state index in [0.717, 1.165) is 29.4 Å². The van der Waals surface area contributed by atoms with E-state index in [0.29, 0.717) is 24.5 Å². The number of hydrogen-bond donors (Lipinski definition) is 1. The maximum absolute atomic E-state index is 12.7. The van der Waals surface area contributed by atoms with Gasteiger partial charge in [-0.15, -0.1) is 0 Å². The molecule has 2 rings (SSSR count). The molecule has 0 saturated carbocycles. The number of carbonyl (C=O) groups is 1. The van der Waals surface area contributed by atoms with Crippen LogP contribution in [0.4, 0.5) is 5.69 Å². The second kappa shape index (κ2) is 7.65. The standard InChI is InChI=1S/C22H32N2O2/c1-7-21(3,4)12-11-19(25)22(5,6)14-26-18-10-8-9-17-20(18)16(23)13-15(2)24-17/h8-10,13H,7,11-12,14H2,1-6H3,(H2,23,24). The van der Waals surface area contributed by atoms with Crippen molar-refractivity contribution in [1.29, 1.82) is 0 Å². The lowest BCUT2D eigenvalue weighted by Crippen LogP contribution is -2.32. The Morgan fingerprint density at radius 2 is 1.92 bits per heavy atom. The minimum absolute atomic E-state index is 0.195. The van der Waals surface area contributed by atoms with Gasteiger partial charge in [0.05, 0.1) is 16.3 Å². The Bertz CT molecular complexity index is 794. The molecule has 0 radical (unpaired) electrons. The number of ether oxygens (including phenoxy) is 1. The lowest BCUT2D eigenvalue weighted by molar-refractivity contribution is -0.129. The van der Waals surface area contributed by atoms with E-state index in [1.165, 1.54) is 0 Å². The number of nitrogens with two attached hydrogens (primary N) is 1. The number of anilines is 1. The lowest BCUT2D eigenvalue weighted by Gasteiger charge is -2.27. The third-order valence-electron chi connectivity index (χ3n) is 5.28. The Morgan fingerprint density at radius 1 is 1.23 bits per heavy atom. The van der Waals surface area contributed by atoms with Crippen LogP contribution >= 0.6 is 0 Å². The number of fused-ring (bicyclic) bond motifs is 1. The molecule has 0 spiro atoms. The van der Waals surface area contributed by atoms with Gasteiger partial charge < -0.3 is 10.5 Å². The van der Waals surface area contributed by atoms with Crippen LogP contribution in [0.25, 0.3) is 10.9 Å². The number of ketones is 1. The highest BCUT2D eigenvalue weighted by Crippen LogP contribution is 2.33. The first-order chi connectivity index (χ1) is 12.1. The van der Waals surface area contributed by atoms with E-state index >= 15 is 0 Å². The van der Waals surface area contributed by atoms with Crippen LogP contribution in [0.1, 0.15) is 59.6 Å². The quantitative estimate of drug-likeness (QED) is 0.695. The average Bonchev–Trinajstić information content (AvgIpc) is 2.57. The maximum Gasteiger partial charge on any atom is 0.141 e. The average molecular weight is 357 g/mol. The van der Waals surface area contributed by atoms with Crippen molar-refractivity contribution in [1.82, 2.24) is 4.98 Å². The van der Waals surface area contributed by atoms with E-state index in [9.17, 15) is 4.79 Å². The molecule has 0 saturated heterocycles. The van der Waals surface area contributed by atoms with E-state index in [1.54, 1.807) is 0 Å². The molecule has 1 aromatic carbocycles. The first-order valence-electron chi connectivity index (χ1n) is 9.38. The molecule has 0 aliphatic rings. The summed E-state index contributed by atoms with van der Waals surface area (Å²) in [4.78, 5) is 17.2. The molecule has 0 fully saturated rings. The summed E-state index contributed by atoms with van der Waals surface area (Å²) in [6.45, 7) is 12.7. The van der Waals surface area contributed by atoms with E-state index < -0.39 is 5.41 Å². The highest BCUT2D eigenvalue weighted by molar-refractivity contribution is 5.95. The largest absolute Gasteiger partial charge is 0.492 e. The summed E-state index contributed by atoms with van der Waals surface area (Å²) in [6, 6.07) is 7.56. The Balaban J connectivity index is 2.12. The SMILES string of the molecule is CCC(C)(C)CCC(=O)C(C)(C)COc1cccc2nc(C)cc(N)c12. The summed E-state index contributed by atoms with van der Waals surface area (Å²) in [5.74, 6) is 0.920. The monoisotopic (exact) mass is 356 g/mol. The number of rotatable bonds is 8. The van der Waals surface area contributed by atoms with Crippen LogP contribution in [0, 0.1) is 17.8 Å². The molecule has 0 amide bonds. The molecule has 0 unspecified atom stereocenters. The fourth-order valence-corrected chi connectivity index (χ4v) is 2.85. The molecule has 1 aromatic heterocycles. The van der Waals surface area contributed by atoms with Crippen LogP contribution in [0.2, 0.25) is 0 Å². The number of benzene rings is 1. The van der Waals surface area contributed by atoms with Crippen LogP contribution < -0.4 is 10.5 Å². The van der Waals surface area contributed by atoms with Gasteiger partial charge in [0.25, 0.3) is 0 Å². The zero-order chi connectivity index (χ0) is 19.5. The molecule has 4 heteroatoms. The number of aryl methyl sites for hydroxylation is 1. The van der Waals surface area contributed by atoms with E-state index in [1.807, 2.05) is 45.0 Å². The zero-order valence-corrected chi connectivity index (χ0v) is 17.0. The van der Waals surface area contributed by atoms with Crippen molar-refractivity contribution in [3.63, 3.8) is 0 Å². The van der Waals surface area contributed by atoms with Crippen LogP contribution in [0.5, 0.6) is 5.75 Å². The number of aromatic nitrogens is 1. The molecule has 0 aliphatic carbocycles. The van der Waals surface area contributed by atoms with Crippen LogP contribution in [-0.4, -0.2) is 17.4 Å². The fourth-order valence-electron chi connectivity index (χ4n) is 2.85. The van der Waals surface area contributed by atoms with Crippen molar-refractivity contribution in [3.8, 4) is 5.75 Å². The summed E-state index contributed by atoms with van der Waals surface area (Å²) in [5, 5.41) is 0.813. The van der Waals surface area contributed by atoms with Gasteiger partial charge in [0.1, 0.15) is 18.1 Å². The number of Topliss-reactive ketones (excluding diaryl/α,β-unsaturated/α-hetero) is 1. The van der Waals surface area contributed by atoms with Crippen LogP contribution in [0.15, 0.2) is 24.3 Å². The van der Waals surface area contributed by atoms with Crippen LogP contribution in [0.3, 0.4) is 0 Å². The van der Waals surface area contributed by atoms with Gasteiger partial charge in [-0.3, -0.25) is 9.78 Å². The van der Waals surface area contributed by atoms with Crippen molar-refractivity contribution in [2.45, 2.75) is 60.8 Å². The molecule has 1 heterocycles. The third-order valence-corrected chi connectivity index (χ3v) is 5.28. The Morgan fingerprint density at radius 3 is 2.58 bits per heavy atom. The molecule has 2 aromatic rings. The number of nitrogens with zero attached hydrogens (tertiary/aromatic N) is 1. The summed E-state index contributed by atoms with van der Waals surface area (Å²) < 4.78 is 6.04. The van der Waals surface area contributed by atoms with E-state index in [-0.39, 0.29) is 11.2 Å². The van der Waals surface area contributed by atoms with Gasteiger partial charge in [-0.25, -0.2) is 0 Å². The van der Waals surface area contributed by atoms with Gasteiger partial charge in [0.2, 0.25) is 0 Å². The fraction of sp³-hybridized carbons (Fsp3) is 0.545. The second-order valence-corrected chi connectivity index (χ2v) is 8.62. The predicted molar refractivity (Wildman–Crippen MR) is 108 cm³/mol. The predicted octanol–water partition coefficient (Wildman–Crippen LogP) is 5.32. The smallest absolute Gasteiger partial charge is 0.141 e. The molecule has 142 valence electrons. The van der Waals surface area contributed by atoms with Crippen molar-refractivity contribution in [3.05, 3.63) is 30.0 Å². The molecule has 0 bridgehead atoms. The van der Waals surface area contributed by atoms with Gasteiger partial charge >= 0.3 is 0 Å². The van der Waals surface area contributed by atoms with Gasteiger partial charge in [-0.1, -0.05) is 33.3 Å². The van der Waals surface area contributed by atoms with Crippen molar-refractivity contribution >= 4 is 22.4 Å². The zero-order valence-electron chi connectivity index (χ0n) is 17.0. The normalized spacial score (nSPS) is 12.4. The lowest BCUT2D eigenvalue weighted by atomic mass is 9.80. The first-order valence-corrected chi connectivity index (χ1v) is 9.38. The summed E-state index contributed by atoms with van der Waals surface area (Å²) in [7, 11) is 0. The molecule has 0 atom stereocenters. The highest BCUT2D eigenvalue weighted by Gasteiger charge is 2.30. The second-order valence-electron chi connectivity index (χ2n) is 8.62. The van der Waals surface area contributed by atoms with E-state index in [2.05, 4.69) is 25.8 Å². The number of nitrogen functional groups attached to an aromatic ring is 1. The van der Waals surface area contributed by atoms with Crippen molar-refractivity contribution < 1.29 is 9.53 Å². The molecule has 26 heavy (non-hydrogen) atoms. The number of pyridine rings is 1. The molecule has 0 aliphatic heterocycles. The number of hydrogen-bond acceptors (Lipinski definition) is 4. The van der Waals surface area contributed by atoms with Gasteiger partial charge in [0, 0.05) is 17.8 Å². The Kier molecular flexibility index (Phi) is 5.94. The molecular weight excluding hydrogens is 324 g/mol. The minimum atomic E-state index is -0.543. The van der Waals surface area contributed by atoms with Gasteiger partial charge in [-0.2, -0.15) is 0 Å². The topological polar surface area (TPSA) is 65.2 Å². The first kappa shape index (κ1) is 20.2. The van der Waals surface area contributed by atoms with Gasteiger partial charge in [0.15, 0.2) is 0 Å².